The fourth-order valence-electron chi connectivity index (χ4n) is 2.36. The minimum Gasteiger partial charge on any atom is -0.278 e. The lowest BCUT2D eigenvalue weighted by molar-refractivity contribution is 0.448. The van der Waals surface area contributed by atoms with Gasteiger partial charge in [0.1, 0.15) is 0 Å². The minimum atomic E-state index is 0.580. The lowest BCUT2D eigenvalue weighted by Gasteiger charge is -2.20. The van der Waals surface area contributed by atoms with Gasteiger partial charge in [-0.25, -0.2) is 0 Å². The summed E-state index contributed by atoms with van der Waals surface area (Å²) in [5, 5.41) is 2.16. The zero-order valence-electron chi connectivity index (χ0n) is 12.4. The predicted molar refractivity (Wildman–Crippen MR) is 81.0 cm³/mol. The Kier molecular flexibility index (Phi) is 6.05. The molecule has 2 heteroatoms. The van der Waals surface area contributed by atoms with Gasteiger partial charge in [0.05, 0.1) is 11.1 Å². The van der Waals surface area contributed by atoms with Gasteiger partial charge in [0.2, 0.25) is 0 Å². The lowest BCUT2D eigenvalue weighted by Crippen LogP contribution is -2.21. The molecule has 1 rings (SSSR count). The second-order valence-electron chi connectivity index (χ2n) is 6.60. The molecule has 1 heterocycles. The third-order valence-electron chi connectivity index (χ3n) is 3.03. The van der Waals surface area contributed by atoms with Crippen LogP contribution in [-0.4, -0.2) is 16.3 Å². The third-order valence-corrected chi connectivity index (χ3v) is 4.38. The van der Waals surface area contributed by atoms with E-state index < -0.39 is 0 Å². The Labute approximate surface area is 112 Å². The van der Waals surface area contributed by atoms with Crippen molar-refractivity contribution in [3.8, 4) is 0 Å². The Hall–Kier alpha value is 0.0200. The quantitative estimate of drug-likeness (QED) is 0.650. The molecule has 0 amide bonds. The van der Waals surface area contributed by atoms with E-state index in [-0.39, 0.29) is 0 Å². The SMILES string of the molecule is CC(C)CC1=NC(CC(C)C)C(CC(C)C)S1. The Morgan fingerprint density at radius 1 is 0.941 bits per heavy atom. The van der Waals surface area contributed by atoms with Gasteiger partial charge in [-0.3, -0.25) is 4.99 Å². The average molecular weight is 255 g/mol. The molecule has 17 heavy (non-hydrogen) atoms. The average Bonchev–Trinajstić information content (AvgIpc) is 2.44. The molecular weight excluding hydrogens is 226 g/mol. The van der Waals surface area contributed by atoms with Gasteiger partial charge in [-0.1, -0.05) is 41.5 Å². The van der Waals surface area contributed by atoms with Crippen molar-refractivity contribution in [1.29, 1.82) is 0 Å². The molecule has 1 aliphatic heterocycles. The highest BCUT2D eigenvalue weighted by Crippen LogP contribution is 2.36. The van der Waals surface area contributed by atoms with Gasteiger partial charge in [-0.15, -0.1) is 11.8 Å². The molecule has 0 aromatic carbocycles. The summed E-state index contributed by atoms with van der Waals surface area (Å²) in [5.41, 5.74) is 0. The molecular formula is C15H29NS. The Bertz CT molecular complexity index is 256. The van der Waals surface area contributed by atoms with Crippen LogP contribution in [0.2, 0.25) is 0 Å². The molecule has 0 aliphatic carbocycles. The van der Waals surface area contributed by atoms with Crippen LogP contribution < -0.4 is 0 Å². The largest absolute Gasteiger partial charge is 0.278 e. The molecule has 2 unspecified atom stereocenters. The first-order valence-electron chi connectivity index (χ1n) is 7.11. The van der Waals surface area contributed by atoms with Crippen molar-refractivity contribution < 1.29 is 0 Å². The molecule has 0 spiro atoms. The van der Waals surface area contributed by atoms with Gasteiger partial charge in [0.15, 0.2) is 0 Å². The first-order chi connectivity index (χ1) is 7.88. The number of rotatable bonds is 6. The second-order valence-corrected chi connectivity index (χ2v) is 7.92. The molecule has 2 atom stereocenters. The highest BCUT2D eigenvalue weighted by molar-refractivity contribution is 8.14. The fraction of sp³-hybridized carbons (Fsp3) is 0.933. The molecule has 100 valence electrons. The van der Waals surface area contributed by atoms with Gasteiger partial charge in [0.25, 0.3) is 0 Å². The van der Waals surface area contributed by atoms with E-state index in [2.05, 4.69) is 53.3 Å². The van der Waals surface area contributed by atoms with E-state index in [1.807, 2.05) is 0 Å². The monoisotopic (exact) mass is 255 g/mol. The molecule has 0 N–H and O–H groups in total. The van der Waals surface area contributed by atoms with Crippen molar-refractivity contribution in [2.75, 3.05) is 0 Å². The number of hydrogen-bond acceptors (Lipinski definition) is 2. The summed E-state index contributed by atoms with van der Waals surface area (Å²) < 4.78 is 0. The van der Waals surface area contributed by atoms with Crippen LogP contribution in [0.5, 0.6) is 0 Å². The van der Waals surface area contributed by atoms with E-state index in [1.54, 1.807) is 0 Å². The summed E-state index contributed by atoms with van der Waals surface area (Å²) >= 11 is 2.07. The van der Waals surface area contributed by atoms with Gasteiger partial charge in [-0.05, 0) is 37.0 Å². The number of hydrogen-bond donors (Lipinski definition) is 0. The number of thioether (sulfide) groups is 1. The molecule has 1 nitrogen and oxygen atoms in total. The Morgan fingerprint density at radius 2 is 1.53 bits per heavy atom. The van der Waals surface area contributed by atoms with E-state index in [4.69, 9.17) is 4.99 Å². The van der Waals surface area contributed by atoms with Gasteiger partial charge < -0.3 is 0 Å². The summed E-state index contributed by atoms with van der Waals surface area (Å²) in [5.74, 6) is 2.28. The Balaban J connectivity index is 2.60. The predicted octanol–water partition coefficient (Wildman–Crippen LogP) is 5.01. The molecule has 1 aliphatic rings. The van der Waals surface area contributed by atoms with E-state index in [1.165, 1.54) is 24.3 Å². The van der Waals surface area contributed by atoms with Crippen LogP contribution in [0.25, 0.3) is 0 Å². The first-order valence-corrected chi connectivity index (χ1v) is 7.99. The van der Waals surface area contributed by atoms with Crippen molar-refractivity contribution in [1.82, 2.24) is 0 Å². The van der Waals surface area contributed by atoms with Crippen molar-refractivity contribution in [3.05, 3.63) is 0 Å². The zero-order valence-corrected chi connectivity index (χ0v) is 13.2. The summed E-state index contributed by atoms with van der Waals surface area (Å²) in [6.45, 7) is 13.9. The zero-order chi connectivity index (χ0) is 13.0. The van der Waals surface area contributed by atoms with Crippen molar-refractivity contribution in [2.45, 2.75) is 72.1 Å². The van der Waals surface area contributed by atoms with Crippen LogP contribution in [0.1, 0.15) is 60.8 Å². The molecule has 0 fully saturated rings. The van der Waals surface area contributed by atoms with Crippen molar-refractivity contribution >= 4 is 16.8 Å². The third kappa shape index (κ3) is 5.46. The first kappa shape index (κ1) is 15.1. The molecule has 0 saturated heterocycles. The lowest BCUT2D eigenvalue weighted by atomic mass is 9.96. The highest BCUT2D eigenvalue weighted by atomic mass is 32.2. The maximum Gasteiger partial charge on any atom is 0.0685 e. The van der Waals surface area contributed by atoms with Crippen LogP contribution in [0.4, 0.5) is 0 Å². The standard InChI is InChI=1S/C15H29NS/c1-10(2)7-13-14(8-11(3)4)17-15(16-13)9-12(5)6/h10-14H,7-9H2,1-6H3. The topological polar surface area (TPSA) is 12.4 Å². The van der Waals surface area contributed by atoms with E-state index in [9.17, 15) is 0 Å². The van der Waals surface area contributed by atoms with Gasteiger partial charge in [0, 0.05) is 5.25 Å². The molecule has 0 bridgehead atoms. The molecule has 0 aromatic heterocycles. The smallest absolute Gasteiger partial charge is 0.0685 e. The van der Waals surface area contributed by atoms with Crippen molar-refractivity contribution in [2.24, 2.45) is 22.7 Å². The van der Waals surface area contributed by atoms with Crippen LogP contribution >= 0.6 is 11.8 Å². The fourth-order valence-corrected chi connectivity index (χ4v) is 4.14. The van der Waals surface area contributed by atoms with Crippen LogP contribution in [0, 0.1) is 17.8 Å². The molecule has 0 aromatic rings. The van der Waals surface area contributed by atoms with E-state index in [0.717, 1.165) is 23.0 Å². The van der Waals surface area contributed by atoms with E-state index >= 15 is 0 Å². The maximum absolute atomic E-state index is 4.98. The normalized spacial score (nSPS) is 25.1. The van der Waals surface area contributed by atoms with Crippen molar-refractivity contribution in [3.63, 3.8) is 0 Å². The molecule has 0 radical (unpaired) electrons. The highest BCUT2D eigenvalue weighted by Gasteiger charge is 2.30. The van der Waals surface area contributed by atoms with Gasteiger partial charge >= 0.3 is 0 Å². The summed E-state index contributed by atoms with van der Waals surface area (Å²) in [7, 11) is 0. The van der Waals surface area contributed by atoms with Gasteiger partial charge in [-0.2, -0.15) is 0 Å². The summed E-state index contributed by atoms with van der Waals surface area (Å²) in [4.78, 5) is 4.98. The number of aliphatic imine (C=N–C) groups is 1. The van der Waals surface area contributed by atoms with Crippen LogP contribution in [0.3, 0.4) is 0 Å². The number of nitrogens with zero attached hydrogens (tertiary/aromatic N) is 1. The van der Waals surface area contributed by atoms with Crippen LogP contribution in [0.15, 0.2) is 4.99 Å². The molecule has 0 saturated carbocycles. The second kappa shape index (κ2) is 6.82. The summed E-state index contributed by atoms with van der Waals surface area (Å²) in [6.07, 6.45) is 3.74. The maximum atomic E-state index is 4.98. The summed E-state index contributed by atoms with van der Waals surface area (Å²) in [6, 6.07) is 0.580. The van der Waals surface area contributed by atoms with E-state index in [0.29, 0.717) is 6.04 Å². The Morgan fingerprint density at radius 3 is 2.00 bits per heavy atom. The van der Waals surface area contributed by atoms with Crippen LogP contribution in [-0.2, 0) is 0 Å². The minimum absolute atomic E-state index is 0.580.